The van der Waals surface area contributed by atoms with Crippen molar-refractivity contribution < 1.29 is 13.2 Å². The first-order valence-corrected chi connectivity index (χ1v) is 10.1. The maximum Gasteiger partial charge on any atom is 0.155 e. The van der Waals surface area contributed by atoms with Crippen LogP contribution in [0.2, 0.25) is 0 Å². The number of hydrogen-bond acceptors (Lipinski definition) is 4. The Labute approximate surface area is 144 Å². The number of sulfone groups is 1. The van der Waals surface area contributed by atoms with E-state index in [0.717, 1.165) is 12.1 Å². The molecule has 1 heterocycles. The van der Waals surface area contributed by atoms with E-state index in [0.29, 0.717) is 19.8 Å². The van der Waals surface area contributed by atoms with Gasteiger partial charge in [-0.15, -0.1) is 0 Å². The number of nitrogens with zero attached hydrogens (tertiary/aromatic N) is 1. The van der Waals surface area contributed by atoms with Crippen LogP contribution < -0.4 is 0 Å². The average Bonchev–Trinajstić information content (AvgIpc) is 2.62. The molecule has 2 aromatic carbocycles. The molecular weight excluding hydrogens is 322 g/mol. The third kappa shape index (κ3) is 4.66. The quantitative estimate of drug-likeness (QED) is 0.808. The summed E-state index contributed by atoms with van der Waals surface area (Å²) in [6.45, 7) is 2.57. The molecule has 0 saturated carbocycles. The van der Waals surface area contributed by atoms with E-state index in [1.807, 2.05) is 48.5 Å². The molecule has 0 aromatic heterocycles. The zero-order valence-corrected chi connectivity index (χ0v) is 14.5. The van der Waals surface area contributed by atoms with Gasteiger partial charge in [-0.05, 0) is 11.1 Å². The highest BCUT2D eigenvalue weighted by atomic mass is 32.2. The Morgan fingerprint density at radius 3 is 2.38 bits per heavy atom. The summed E-state index contributed by atoms with van der Waals surface area (Å²) in [5, 5.41) is 0. The molecule has 24 heavy (non-hydrogen) atoms. The standard InChI is InChI=1S/C19H23NO3S/c21-24(22,16-17-7-3-1-4-8-17)14-12-20-11-13-23-15-19(20)18-9-5-2-6-10-18/h1-10,19H,11-16H2. The number of ether oxygens (including phenoxy) is 1. The Morgan fingerprint density at radius 1 is 1.00 bits per heavy atom. The van der Waals surface area contributed by atoms with Crippen LogP contribution in [0.25, 0.3) is 0 Å². The fourth-order valence-corrected chi connectivity index (χ4v) is 4.40. The van der Waals surface area contributed by atoms with Gasteiger partial charge in [0.25, 0.3) is 0 Å². The van der Waals surface area contributed by atoms with Gasteiger partial charge in [0.1, 0.15) is 0 Å². The van der Waals surface area contributed by atoms with Gasteiger partial charge in [-0.25, -0.2) is 8.42 Å². The van der Waals surface area contributed by atoms with Crippen LogP contribution in [0.5, 0.6) is 0 Å². The van der Waals surface area contributed by atoms with Crippen LogP contribution in [0.15, 0.2) is 60.7 Å². The predicted molar refractivity (Wildman–Crippen MR) is 95.5 cm³/mol. The third-order valence-corrected chi connectivity index (χ3v) is 5.92. The topological polar surface area (TPSA) is 46.6 Å². The SMILES string of the molecule is O=S(=O)(CCN1CCOCC1c1ccccc1)Cc1ccccc1. The summed E-state index contributed by atoms with van der Waals surface area (Å²) in [4.78, 5) is 2.22. The smallest absolute Gasteiger partial charge is 0.155 e. The van der Waals surface area contributed by atoms with Crippen LogP contribution in [0, 0.1) is 0 Å². The number of benzene rings is 2. The molecule has 1 aliphatic rings. The van der Waals surface area contributed by atoms with Crippen molar-refractivity contribution >= 4 is 9.84 Å². The number of morpholine rings is 1. The van der Waals surface area contributed by atoms with Gasteiger partial charge < -0.3 is 4.74 Å². The summed E-state index contributed by atoms with van der Waals surface area (Å²) in [5.74, 6) is 0.277. The summed E-state index contributed by atoms with van der Waals surface area (Å²) in [6.07, 6.45) is 0. The van der Waals surface area contributed by atoms with Crippen LogP contribution in [0.4, 0.5) is 0 Å². The Bertz CT molecular complexity index is 732. The third-order valence-electron chi connectivity index (χ3n) is 4.34. The Morgan fingerprint density at radius 2 is 1.67 bits per heavy atom. The minimum Gasteiger partial charge on any atom is -0.378 e. The van der Waals surface area contributed by atoms with E-state index >= 15 is 0 Å². The summed E-state index contributed by atoms with van der Waals surface area (Å²) < 4.78 is 30.5. The summed E-state index contributed by atoms with van der Waals surface area (Å²) in [5.41, 5.74) is 2.02. The van der Waals surface area contributed by atoms with E-state index in [1.54, 1.807) is 0 Å². The van der Waals surface area contributed by atoms with Gasteiger partial charge in [-0.1, -0.05) is 60.7 Å². The van der Waals surface area contributed by atoms with Gasteiger partial charge in [0.15, 0.2) is 9.84 Å². The van der Waals surface area contributed by atoms with Gasteiger partial charge >= 0.3 is 0 Å². The minimum atomic E-state index is -3.12. The highest BCUT2D eigenvalue weighted by molar-refractivity contribution is 7.90. The van der Waals surface area contributed by atoms with E-state index in [4.69, 9.17) is 4.74 Å². The molecule has 0 N–H and O–H groups in total. The van der Waals surface area contributed by atoms with Crippen molar-refractivity contribution in [2.24, 2.45) is 0 Å². The monoisotopic (exact) mass is 345 g/mol. The molecule has 1 atom stereocenters. The molecule has 3 rings (SSSR count). The Balaban J connectivity index is 1.63. The van der Waals surface area contributed by atoms with Crippen LogP contribution in [0.3, 0.4) is 0 Å². The second-order valence-electron chi connectivity index (χ2n) is 6.11. The van der Waals surface area contributed by atoms with Gasteiger partial charge in [-0.3, -0.25) is 4.90 Å². The lowest BCUT2D eigenvalue weighted by Crippen LogP contribution is -2.42. The molecule has 0 bridgehead atoms. The van der Waals surface area contributed by atoms with Crippen molar-refractivity contribution in [2.45, 2.75) is 11.8 Å². The Hall–Kier alpha value is -1.69. The average molecular weight is 345 g/mol. The first-order valence-electron chi connectivity index (χ1n) is 8.25. The van der Waals surface area contributed by atoms with E-state index in [2.05, 4.69) is 17.0 Å². The first-order chi connectivity index (χ1) is 11.6. The van der Waals surface area contributed by atoms with Crippen molar-refractivity contribution in [2.75, 3.05) is 32.1 Å². The van der Waals surface area contributed by atoms with Crippen molar-refractivity contribution in [1.29, 1.82) is 0 Å². The molecule has 128 valence electrons. The first kappa shape index (κ1) is 17.1. The molecule has 2 aromatic rings. The normalized spacial score (nSPS) is 19.2. The summed E-state index contributed by atoms with van der Waals surface area (Å²) in [7, 11) is -3.12. The zero-order valence-electron chi connectivity index (χ0n) is 13.7. The second-order valence-corrected chi connectivity index (χ2v) is 8.30. The largest absolute Gasteiger partial charge is 0.378 e. The molecular formula is C19H23NO3S. The molecule has 5 heteroatoms. The van der Waals surface area contributed by atoms with Crippen molar-refractivity contribution in [1.82, 2.24) is 4.90 Å². The lowest BCUT2D eigenvalue weighted by molar-refractivity contribution is -0.00538. The lowest BCUT2D eigenvalue weighted by atomic mass is 10.1. The van der Waals surface area contributed by atoms with E-state index in [-0.39, 0.29) is 17.5 Å². The second kappa shape index (κ2) is 7.92. The van der Waals surface area contributed by atoms with E-state index in [1.165, 1.54) is 5.56 Å². The molecule has 1 fully saturated rings. The number of rotatable bonds is 6. The number of hydrogen-bond donors (Lipinski definition) is 0. The van der Waals surface area contributed by atoms with E-state index in [9.17, 15) is 8.42 Å². The molecule has 0 spiro atoms. The van der Waals surface area contributed by atoms with Crippen molar-refractivity contribution in [3.63, 3.8) is 0 Å². The molecule has 0 aliphatic carbocycles. The summed E-state index contributed by atoms with van der Waals surface area (Å²) >= 11 is 0. The van der Waals surface area contributed by atoms with Crippen LogP contribution in [-0.4, -0.2) is 45.4 Å². The van der Waals surface area contributed by atoms with Gasteiger partial charge in [0, 0.05) is 13.1 Å². The molecule has 1 saturated heterocycles. The van der Waals surface area contributed by atoms with Gasteiger partial charge in [0.05, 0.1) is 30.8 Å². The Kier molecular flexibility index (Phi) is 5.66. The summed E-state index contributed by atoms with van der Waals surface area (Å²) in [6, 6.07) is 19.6. The maximum absolute atomic E-state index is 12.4. The molecule has 0 radical (unpaired) electrons. The van der Waals surface area contributed by atoms with E-state index < -0.39 is 9.84 Å². The molecule has 1 unspecified atom stereocenters. The minimum absolute atomic E-state index is 0.105. The predicted octanol–water partition coefficient (Wildman–Crippen LogP) is 2.67. The van der Waals surface area contributed by atoms with Gasteiger partial charge in [-0.2, -0.15) is 0 Å². The maximum atomic E-state index is 12.4. The molecule has 0 amide bonds. The molecule has 1 aliphatic heterocycles. The van der Waals surface area contributed by atoms with Crippen molar-refractivity contribution in [3.05, 3.63) is 71.8 Å². The van der Waals surface area contributed by atoms with Gasteiger partial charge in [0.2, 0.25) is 0 Å². The fourth-order valence-electron chi connectivity index (χ4n) is 3.04. The van der Waals surface area contributed by atoms with Crippen LogP contribution in [-0.2, 0) is 20.3 Å². The van der Waals surface area contributed by atoms with Crippen LogP contribution in [0.1, 0.15) is 17.2 Å². The molecule has 4 nitrogen and oxygen atoms in total. The lowest BCUT2D eigenvalue weighted by Gasteiger charge is -2.35. The van der Waals surface area contributed by atoms with Crippen molar-refractivity contribution in [3.8, 4) is 0 Å². The zero-order chi connectivity index (χ0) is 16.8. The highest BCUT2D eigenvalue weighted by Gasteiger charge is 2.25. The fraction of sp³-hybridized carbons (Fsp3) is 0.368. The van der Waals surface area contributed by atoms with Crippen LogP contribution >= 0.6 is 0 Å². The highest BCUT2D eigenvalue weighted by Crippen LogP contribution is 2.24.